The van der Waals surface area contributed by atoms with Gasteiger partial charge in [0.15, 0.2) is 0 Å². The molecule has 1 N–H and O–H groups in total. The van der Waals surface area contributed by atoms with Crippen molar-refractivity contribution >= 4 is 5.91 Å². The molecule has 0 bridgehead atoms. The van der Waals surface area contributed by atoms with Gasteiger partial charge in [0.2, 0.25) is 5.91 Å². The molecule has 0 saturated heterocycles. The standard InChI is InChI=1S/C15H23NO/c17-15(16-14-9-5-2-6-10-14)12-11-13-7-3-1-4-8-13/h1,3,11-14H,2,4-10H2,(H,16,17)/b12-11+/t13-/m0/s1. The van der Waals surface area contributed by atoms with Crippen LogP contribution in [-0.4, -0.2) is 11.9 Å². The van der Waals surface area contributed by atoms with Crippen LogP contribution in [0.3, 0.4) is 0 Å². The predicted octanol–water partition coefficient (Wildman–Crippen LogP) is 3.35. The molecule has 2 aliphatic carbocycles. The van der Waals surface area contributed by atoms with Gasteiger partial charge in [0, 0.05) is 6.04 Å². The van der Waals surface area contributed by atoms with Crippen molar-refractivity contribution < 1.29 is 4.79 Å². The van der Waals surface area contributed by atoms with Crippen LogP contribution in [0.25, 0.3) is 0 Å². The zero-order valence-electron chi connectivity index (χ0n) is 10.5. The summed E-state index contributed by atoms with van der Waals surface area (Å²) in [5.41, 5.74) is 0. The van der Waals surface area contributed by atoms with E-state index < -0.39 is 0 Å². The van der Waals surface area contributed by atoms with Crippen molar-refractivity contribution in [2.75, 3.05) is 0 Å². The van der Waals surface area contributed by atoms with Gasteiger partial charge >= 0.3 is 0 Å². The average Bonchev–Trinajstić information content (AvgIpc) is 2.39. The Kier molecular flexibility index (Phi) is 4.84. The molecule has 2 rings (SSSR count). The molecule has 0 aromatic carbocycles. The third kappa shape index (κ3) is 4.37. The third-order valence-electron chi connectivity index (χ3n) is 3.78. The first-order valence-electron chi connectivity index (χ1n) is 6.98. The fourth-order valence-electron chi connectivity index (χ4n) is 2.71. The first-order valence-corrected chi connectivity index (χ1v) is 6.98. The number of rotatable bonds is 3. The van der Waals surface area contributed by atoms with Gasteiger partial charge in [-0.3, -0.25) is 4.79 Å². The summed E-state index contributed by atoms with van der Waals surface area (Å²) in [6, 6.07) is 0.423. The van der Waals surface area contributed by atoms with Crippen LogP contribution in [0.5, 0.6) is 0 Å². The van der Waals surface area contributed by atoms with Gasteiger partial charge in [0.1, 0.15) is 0 Å². The molecule has 2 nitrogen and oxygen atoms in total. The maximum atomic E-state index is 11.7. The molecule has 0 spiro atoms. The van der Waals surface area contributed by atoms with Crippen LogP contribution < -0.4 is 5.32 Å². The van der Waals surface area contributed by atoms with E-state index in [0.717, 1.165) is 25.7 Å². The van der Waals surface area contributed by atoms with Crippen molar-refractivity contribution in [3.8, 4) is 0 Å². The Balaban J connectivity index is 1.72. The molecular formula is C15H23NO. The van der Waals surface area contributed by atoms with E-state index in [4.69, 9.17) is 0 Å². The summed E-state index contributed by atoms with van der Waals surface area (Å²) in [6.07, 6.45) is 17.9. The van der Waals surface area contributed by atoms with Crippen molar-refractivity contribution in [1.82, 2.24) is 5.32 Å². The molecule has 1 fully saturated rings. The number of amides is 1. The van der Waals surface area contributed by atoms with Crippen molar-refractivity contribution in [3.05, 3.63) is 24.3 Å². The van der Waals surface area contributed by atoms with Gasteiger partial charge in [-0.2, -0.15) is 0 Å². The van der Waals surface area contributed by atoms with Gasteiger partial charge in [0.05, 0.1) is 0 Å². The Labute approximate surface area is 104 Å². The third-order valence-corrected chi connectivity index (χ3v) is 3.78. The van der Waals surface area contributed by atoms with E-state index in [9.17, 15) is 4.79 Å². The van der Waals surface area contributed by atoms with Gasteiger partial charge < -0.3 is 5.32 Å². The molecule has 0 radical (unpaired) electrons. The smallest absolute Gasteiger partial charge is 0.243 e. The minimum atomic E-state index is 0.103. The summed E-state index contributed by atoms with van der Waals surface area (Å²) in [5, 5.41) is 3.11. The molecule has 17 heavy (non-hydrogen) atoms. The molecular weight excluding hydrogens is 210 g/mol. The van der Waals surface area contributed by atoms with Crippen LogP contribution in [0, 0.1) is 5.92 Å². The number of carbonyl (C=O) groups excluding carboxylic acids is 1. The fourth-order valence-corrected chi connectivity index (χ4v) is 2.71. The molecule has 0 aromatic rings. The lowest BCUT2D eigenvalue weighted by atomic mass is 9.94. The van der Waals surface area contributed by atoms with Crippen LogP contribution in [0.1, 0.15) is 51.4 Å². The zero-order chi connectivity index (χ0) is 11.9. The van der Waals surface area contributed by atoms with Crippen LogP contribution in [-0.2, 0) is 4.79 Å². The summed E-state index contributed by atoms with van der Waals surface area (Å²) in [4.78, 5) is 11.7. The SMILES string of the molecule is O=C(/C=C/[C@H]1CC=CCC1)NC1CCCCC1. The summed E-state index contributed by atoms with van der Waals surface area (Å²) >= 11 is 0. The first-order chi connectivity index (χ1) is 8.34. The van der Waals surface area contributed by atoms with Crippen LogP contribution in [0.2, 0.25) is 0 Å². The summed E-state index contributed by atoms with van der Waals surface area (Å²) in [7, 11) is 0. The topological polar surface area (TPSA) is 29.1 Å². The first kappa shape index (κ1) is 12.4. The van der Waals surface area contributed by atoms with E-state index in [1.165, 1.54) is 25.7 Å². The van der Waals surface area contributed by atoms with Crippen molar-refractivity contribution in [2.24, 2.45) is 5.92 Å². The molecule has 0 heterocycles. The van der Waals surface area contributed by atoms with E-state index in [2.05, 4.69) is 23.5 Å². The molecule has 0 unspecified atom stereocenters. The highest BCUT2D eigenvalue weighted by atomic mass is 16.1. The van der Waals surface area contributed by atoms with Gasteiger partial charge in [0.25, 0.3) is 0 Å². The van der Waals surface area contributed by atoms with Gasteiger partial charge in [-0.25, -0.2) is 0 Å². The van der Waals surface area contributed by atoms with Gasteiger partial charge in [-0.05, 0) is 44.1 Å². The number of carbonyl (C=O) groups is 1. The Hall–Kier alpha value is -1.05. The minimum absolute atomic E-state index is 0.103. The molecule has 0 aliphatic heterocycles. The fraction of sp³-hybridized carbons (Fsp3) is 0.667. The average molecular weight is 233 g/mol. The van der Waals surface area contributed by atoms with Crippen LogP contribution >= 0.6 is 0 Å². The van der Waals surface area contributed by atoms with E-state index in [1.54, 1.807) is 6.08 Å². The molecule has 1 atom stereocenters. The Morgan fingerprint density at radius 3 is 2.65 bits per heavy atom. The van der Waals surface area contributed by atoms with Crippen LogP contribution in [0.15, 0.2) is 24.3 Å². The van der Waals surface area contributed by atoms with Crippen LogP contribution in [0.4, 0.5) is 0 Å². The summed E-state index contributed by atoms with van der Waals surface area (Å²) < 4.78 is 0. The largest absolute Gasteiger partial charge is 0.350 e. The van der Waals surface area contributed by atoms with Crippen molar-refractivity contribution in [1.29, 1.82) is 0 Å². The monoisotopic (exact) mass is 233 g/mol. The highest BCUT2D eigenvalue weighted by molar-refractivity contribution is 5.87. The molecule has 1 saturated carbocycles. The van der Waals surface area contributed by atoms with Crippen molar-refractivity contribution in [3.63, 3.8) is 0 Å². The van der Waals surface area contributed by atoms with Gasteiger partial charge in [-0.1, -0.05) is 37.5 Å². The molecule has 0 aromatic heterocycles. The lowest BCUT2D eigenvalue weighted by molar-refractivity contribution is -0.117. The Morgan fingerprint density at radius 1 is 1.12 bits per heavy atom. The van der Waals surface area contributed by atoms with E-state index in [0.29, 0.717) is 12.0 Å². The summed E-state index contributed by atoms with van der Waals surface area (Å²) in [6.45, 7) is 0. The quantitative estimate of drug-likeness (QED) is 0.588. The lowest BCUT2D eigenvalue weighted by Crippen LogP contribution is -2.35. The maximum Gasteiger partial charge on any atom is 0.243 e. The van der Waals surface area contributed by atoms with Gasteiger partial charge in [-0.15, -0.1) is 0 Å². The second kappa shape index (κ2) is 6.63. The molecule has 2 heteroatoms. The second-order valence-electron chi connectivity index (χ2n) is 5.25. The van der Waals surface area contributed by atoms with E-state index in [-0.39, 0.29) is 5.91 Å². The zero-order valence-corrected chi connectivity index (χ0v) is 10.5. The van der Waals surface area contributed by atoms with Crippen molar-refractivity contribution in [2.45, 2.75) is 57.4 Å². The highest BCUT2D eigenvalue weighted by Gasteiger charge is 2.14. The molecule has 94 valence electrons. The highest BCUT2D eigenvalue weighted by Crippen LogP contribution is 2.19. The lowest BCUT2D eigenvalue weighted by Gasteiger charge is -2.22. The number of allylic oxidation sites excluding steroid dienone is 3. The predicted molar refractivity (Wildman–Crippen MR) is 70.6 cm³/mol. The maximum absolute atomic E-state index is 11.7. The number of hydrogen-bond donors (Lipinski definition) is 1. The second-order valence-corrected chi connectivity index (χ2v) is 5.25. The normalized spacial score (nSPS) is 26.2. The van der Waals surface area contributed by atoms with E-state index in [1.807, 2.05) is 0 Å². The number of hydrogen-bond acceptors (Lipinski definition) is 1. The number of nitrogens with one attached hydrogen (secondary N) is 1. The van der Waals surface area contributed by atoms with E-state index >= 15 is 0 Å². The summed E-state index contributed by atoms with van der Waals surface area (Å²) in [5.74, 6) is 0.670. The minimum Gasteiger partial charge on any atom is -0.350 e. The molecule has 1 amide bonds. The Bertz CT molecular complexity index is 300. The molecule has 2 aliphatic rings. The Morgan fingerprint density at radius 2 is 1.94 bits per heavy atom.